The third-order valence-electron chi connectivity index (χ3n) is 3.81. The number of allylic oxidation sites excluding steroid dienone is 1. The van der Waals surface area contributed by atoms with Gasteiger partial charge in [-0.1, -0.05) is 12.1 Å². The van der Waals surface area contributed by atoms with Gasteiger partial charge in [0.05, 0.1) is 6.10 Å². The van der Waals surface area contributed by atoms with Crippen molar-refractivity contribution in [2.75, 3.05) is 6.54 Å². The van der Waals surface area contributed by atoms with Gasteiger partial charge < -0.3 is 10.1 Å². The van der Waals surface area contributed by atoms with E-state index in [0.717, 1.165) is 48.1 Å². The molecule has 0 atom stereocenters. The lowest BCUT2D eigenvalue weighted by atomic mass is 9.97. The van der Waals surface area contributed by atoms with E-state index < -0.39 is 12.1 Å². The number of nitrogens with one attached hydrogen (secondary N) is 1. The summed E-state index contributed by atoms with van der Waals surface area (Å²) in [4.78, 5) is 10.9. The lowest BCUT2D eigenvalue weighted by molar-refractivity contribution is -0.173. The highest BCUT2D eigenvalue weighted by atomic mass is 19.4. The molecule has 1 aromatic rings. The van der Waals surface area contributed by atoms with Crippen LogP contribution in [0.4, 0.5) is 13.2 Å². The molecule has 0 radical (unpaired) electrons. The maximum atomic E-state index is 12.2. The van der Waals surface area contributed by atoms with Gasteiger partial charge in [-0.3, -0.25) is 4.79 Å². The van der Waals surface area contributed by atoms with Crippen LogP contribution in [0, 0.1) is 0 Å². The van der Waals surface area contributed by atoms with Gasteiger partial charge in [-0.05, 0) is 68.4 Å². The number of halogens is 3. The summed E-state index contributed by atoms with van der Waals surface area (Å²) in [6, 6.07) is 5.88. The molecule has 1 aliphatic carbocycles. The summed E-state index contributed by atoms with van der Waals surface area (Å²) < 4.78 is 42.4. The van der Waals surface area contributed by atoms with E-state index in [1.54, 1.807) is 6.08 Å². The predicted molar refractivity (Wildman–Crippen MR) is 86.8 cm³/mol. The van der Waals surface area contributed by atoms with Gasteiger partial charge >= 0.3 is 12.1 Å². The molecule has 1 aliphatic rings. The van der Waals surface area contributed by atoms with E-state index in [-0.39, 0.29) is 12.6 Å². The molecule has 3 nitrogen and oxygen atoms in total. The van der Waals surface area contributed by atoms with Gasteiger partial charge in [0.25, 0.3) is 0 Å². The Morgan fingerprint density at radius 3 is 2.67 bits per heavy atom. The Labute approximate surface area is 139 Å². The first-order valence-corrected chi connectivity index (χ1v) is 8.11. The lowest BCUT2D eigenvalue weighted by Crippen LogP contribution is -2.36. The molecule has 0 aromatic heterocycles. The maximum Gasteiger partial charge on any atom is 0.471 e. The van der Waals surface area contributed by atoms with Gasteiger partial charge in [0, 0.05) is 6.54 Å². The third-order valence-corrected chi connectivity index (χ3v) is 3.81. The van der Waals surface area contributed by atoms with E-state index >= 15 is 0 Å². The number of ether oxygens (including phenoxy) is 1. The molecule has 0 heterocycles. The number of carbonyl (C=O) groups is 1. The highest BCUT2D eigenvalue weighted by Crippen LogP contribution is 2.32. The van der Waals surface area contributed by atoms with E-state index in [4.69, 9.17) is 4.74 Å². The molecule has 24 heavy (non-hydrogen) atoms. The van der Waals surface area contributed by atoms with Gasteiger partial charge in [0.2, 0.25) is 0 Å². The van der Waals surface area contributed by atoms with Crippen molar-refractivity contribution in [3.8, 4) is 5.75 Å². The average Bonchev–Trinajstić information content (AvgIpc) is 2.68. The summed E-state index contributed by atoms with van der Waals surface area (Å²) >= 11 is 0. The number of hydrogen-bond acceptors (Lipinski definition) is 2. The summed E-state index contributed by atoms with van der Waals surface area (Å²) in [6.45, 7) is 3.74. The second kappa shape index (κ2) is 7.73. The molecule has 0 unspecified atom stereocenters. The number of rotatable bonds is 4. The van der Waals surface area contributed by atoms with Crippen LogP contribution in [0.15, 0.2) is 24.3 Å². The number of benzene rings is 1. The standard InChI is InChI=1S/C18H22F3NO2/c1-12(2)24-15-8-7-13-5-3-4-6-14(16(13)11-15)9-10-22-17(23)18(19,20)21/h7-9,11-12H,3-6,10H2,1-2H3,(H,22,23). The number of carbonyl (C=O) groups excluding carboxylic acids is 1. The van der Waals surface area contributed by atoms with E-state index in [2.05, 4.69) is 0 Å². The van der Waals surface area contributed by atoms with Gasteiger partial charge in [-0.25, -0.2) is 0 Å². The molecule has 1 aromatic carbocycles. The minimum Gasteiger partial charge on any atom is -0.491 e. The van der Waals surface area contributed by atoms with Gasteiger partial charge in [0.1, 0.15) is 5.75 Å². The molecule has 0 spiro atoms. The summed E-state index contributed by atoms with van der Waals surface area (Å²) in [6.07, 6.45) is 0.583. The minimum atomic E-state index is -4.85. The van der Waals surface area contributed by atoms with Crippen molar-refractivity contribution in [1.29, 1.82) is 0 Å². The fraction of sp³-hybridized carbons (Fsp3) is 0.500. The second-order valence-electron chi connectivity index (χ2n) is 6.13. The number of alkyl halides is 3. The normalized spacial score (nSPS) is 16.7. The van der Waals surface area contributed by atoms with Crippen LogP contribution in [0.1, 0.15) is 44.2 Å². The van der Waals surface area contributed by atoms with Crippen molar-refractivity contribution in [2.24, 2.45) is 0 Å². The third kappa shape index (κ3) is 5.01. The zero-order chi connectivity index (χ0) is 17.7. The van der Waals surface area contributed by atoms with Crippen molar-refractivity contribution in [1.82, 2.24) is 5.32 Å². The average molecular weight is 341 g/mol. The van der Waals surface area contributed by atoms with Crippen molar-refractivity contribution in [2.45, 2.75) is 51.8 Å². The van der Waals surface area contributed by atoms with Crippen molar-refractivity contribution in [3.05, 3.63) is 35.4 Å². The highest BCUT2D eigenvalue weighted by molar-refractivity contribution is 5.82. The first kappa shape index (κ1) is 18.4. The van der Waals surface area contributed by atoms with Gasteiger partial charge in [0.15, 0.2) is 0 Å². The molecule has 132 valence electrons. The minimum absolute atomic E-state index is 0.0485. The summed E-state index contributed by atoms with van der Waals surface area (Å²) in [7, 11) is 0. The summed E-state index contributed by atoms with van der Waals surface area (Å²) in [5, 5.41) is 1.90. The van der Waals surface area contributed by atoms with Gasteiger partial charge in [-0.2, -0.15) is 13.2 Å². The van der Waals surface area contributed by atoms with Crippen LogP contribution < -0.4 is 10.1 Å². The van der Waals surface area contributed by atoms with Crippen LogP contribution in [0.2, 0.25) is 0 Å². The molecule has 0 bridgehead atoms. The SMILES string of the molecule is CC(C)Oc1ccc2c(c1)C(=CCNC(=O)C(F)(F)F)CCCC2. The smallest absolute Gasteiger partial charge is 0.471 e. The number of amides is 1. The Hall–Kier alpha value is -1.98. The summed E-state index contributed by atoms with van der Waals surface area (Å²) in [5.41, 5.74) is 3.13. The van der Waals surface area contributed by atoms with Crippen LogP contribution in [-0.2, 0) is 11.2 Å². The van der Waals surface area contributed by atoms with Crippen LogP contribution in [0.25, 0.3) is 5.57 Å². The van der Waals surface area contributed by atoms with E-state index in [1.165, 1.54) is 0 Å². The van der Waals surface area contributed by atoms with E-state index in [0.29, 0.717) is 0 Å². The Balaban J connectivity index is 2.19. The Bertz CT molecular complexity index is 621. The Morgan fingerprint density at radius 2 is 2.00 bits per heavy atom. The van der Waals surface area contributed by atoms with Crippen LogP contribution in [0.5, 0.6) is 5.75 Å². The zero-order valence-corrected chi connectivity index (χ0v) is 13.9. The Kier molecular flexibility index (Phi) is 5.91. The topological polar surface area (TPSA) is 38.3 Å². The largest absolute Gasteiger partial charge is 0.491 e. The summed E-state index contributed by atoms with van der Waals surface area (Å²) in [5.74, 6) is -1.17. The fourth-order valence-electron chi connectivity index (χ4n) is 2.76. The monoisotopic (exact) mass is 341 g/mol. The molecule has 0 saturated heterocycles. The van der Waals surface area contributed by atoms with Crippen molar-refractivity contribution < 1.29 is 22.7 Å². The van der Waals surface area contributed by atoms with Crippen LogP contribution >= 0.6 is 0 Å². The molecular weight excluding hydrogens is 319 g/mol. The first-order valence-electron chi connectivity index (χ1n) is 8.11. The predicted octanol–water partition coefficient (Wildman–Crippen LogP) is 4.26. The zero-order valence-electron chi connectivity index (χ0n) is 13.9. The number of aryl methyl sites for hydroxylation is 1. The molecule has 0 saturated carbocycles. The molecule has 1 amide bonds. The number of fused-ring (bicyclic) bond motifs is 1. The molecule has 1 N–H and O–H groups in total. The van der Waals surface area contributed by atoms with E-state index in [1.807, 2.05) is 37.4 Å². The Morgan fingerprint density at radius 1 is 1.29 bits per heavy atom. The quantitative estimate of drug-likeness (QED) is 0.831. The molecule has 2 rings (SSSR count). The molecular formula is C18H22F3NO2. The van der Waals surface area contributed by atoms with Gasteiger partial charge in [-0.15, -0.1) is 0 Å². The second-order valence-corrected chi connectivity index (χ2v) is 6.13. The fourth-order valence-corrected chi connectivity index (χ4v) is 2.76. The molecule has 0 fully saturated rings. The first-order chi connectivity index (χ1) is 11.3. The maximum absolute atomic E-state index is 12.2. The molecule has 0 aliphatic heterocycles. The van der Waals surface area contributed by atoms with Crippen molar-refractivity contribution in [3.63, 3.8) is 0 Å². The van der Waals surface area contributed by atoms with Crippen LogP contribution in [-0.4, -0.2) is 24.7 Å². The van der Waals surface area contributed by atoms with E-state index in [9.17, 15) is 18.0 Å². The highest BCUT2D eigenvalue weighted by Gasteiger charge is 2.38. The van der Waals surface area contributed by atoms with Crippen molar-refractivity contribution >= 4 is 11.5 Å². The van der Waals surface area contributed by atoms with Crippen LogP contribution in [0.3, 0.4) is 0 Å². The lowest BCUT2D eigenvalue weighted by Gasteiger charge is -2.15. The molecule has 6 heteroatoms. The number of hydrogen-bond donors (Lipinski definition) is 1.